The zero-order valence-electron chi connectivity index (χ0n) is 16.4. The number of ether oxygens (including phenoxy) is 1. The first kappa shape index (κ1) is 19.4. The van der Waals surface area contributed by atoms with Crippen molar-refractivity contribution in [2.75, 3.05) is 26.2 Å². The Balaban J connectivity index is 1.35. The molecule has 29 heavy (non-hydrogen) atoms. The topological polar surface area (TPSA) is 76.7 Å². The summed E-state index contributed by atoms with van der Waals surface area (Å²) in [5, 5.41) is 2.92. The van der Waals surface area contributed by atoms with Gasteiger partial charge in [-0.15, -0.1) is 0 Å². The molecule has 3 aromatic rings. The lowest BCUT2D eigenvalue weighted by Gasteiger charge is -2.33. The lowest BCUT2D eigenvalue weighted by molar-refractivity contribution is -0.125. The van der Waals surface area contributed by atoms with E-state index >= 15 is 0 Å². The highest BCUT2D eigenvalue weighted by molar-refractivity contribution is 5.82. The van der Waals surface area contributed by atoms with Crippen molar-refractivity contribution in [3.63, 3.8) is 0 Å². The number of hydrogen-bond donors (Lipinski definition) is 1. The summed E-state index contributed by atoms with van der Waals surface area (Å²) in [5.74, 6) is -0.765. The van der Waals surface area contributed by atoms with Crippen LogP contribution in [0.1, 0.15) is 18.5 Å². The molecule has 1 fully saturated rings. The SMILES string of the molecule is CC(C(=O)NCC1CN(Cc2ccccc2)CCO1)n1c(=O)oc2ccccc21. The van der Waals surface area contributed by atoms with Crippen LogP contribution in [0.25, 0.3) is 11.1 Å². The van der Waals surface area contributed by atoms with E-state index in [0.717, 1.165) is 19.6 Å². The summed E-state index contributed by atoms with van der Waals surface area (Å²) in [6.45, 7) is 5.21. The third kappa shape index (κ3) is 4.41. The van der Waals surface area contributed by atoms with E-state index in [9.17, 15) is 9.59 Å². The number of nitrogens with one attached hydrogen (secondary N) is 1. The summed E-state index contributed by atoms with van der Waals surface area (Å²) in [7, 11) is 0. The molecular weight excluding hydrogens is 370 g/mol. The van der Waals surface area contributed by atoms with Gasteiger partial charge in [0.1, 0.15) is 6.04 Å². The minimum absolute atomic E-state index is 0.0820. The normalized spacial score (nSPS) is 18.6. The average Bonchev–Trinajstić information content (AvgIpc) is 3.08. The molecule has 2 heterocycles. The van der Waals surface area contributed by atoms with Gasteiger partial charge in [0, 0.05) is 26.2 Å². The van der Waals surface area contributed by atoms with E-state index in [2.05, 4.69) is 22.3 Å². The average molecular weight is 395 g/mol. The second-order valence-corrected chi connectivity index (χ2v) is 7.34. The fraction of sp³-hybridized carbons (Fsp3) is 0.364. The first-order valence-electron chi connectivity index (χ1n) is 9.87. The highest BCUT2D eigenvalue weighted by Gasteiger charge is 2.24. The van der Waals surface area contributed by atoms with Gasteiger partial charge in [0.05, 0.1) is 18.2 Å². The summed E-state index contributed by atoms with van der Waals surface area (Å²) in [5.41, 5.74) is 2.35. The van der Waals surface area contributed by atoms with E-state index in [-0.39, 0.29) is 12.0 Å². The maximum absolute atomic E-state index is 12.7. The van der Waals surface area contributed by atoms with Gasteiger partial charge in [0.25, 0.3) is 0 Å². The Kier molecular flexibility index (Phi) is 5.78. The molecule has 1 aliphatic heterocycles. The summed E-state index contributed by atoms with van der Waals surface area (Å²) in [6, 6.07) is 16.7. The lowest BCUT2D eigenvalue weighted by Crippen LogP contribution is -2.48. The van der Waals surface area contributed by atoms with Crippen molar-refractivity contribution in [2.45, 2.75) is 25.6 Å². The Labute approximate surface area is 168 Å². The quantitative estimate of drug-likeness (QED) is 0.692. The third-order valence-electron chi connectivity index (χ3n) is 5.26. The molecule has 2 aromatic carbocycles. The lowest BCUT2D eigenvalue weighted by atomic mass is 10.2. The molecule has 1 N–H and O–H groups in total. The minimum atomic E-state index is -0.671. The second-order valence-electron chi connectivity index (χ2n) is 7.34. The van der Waals surface area contributed by atoms with Crippen LogP contribution in [0.2, 0.25) is 0 Å². The van der Waals surface area contributed by atoms with Gasteiger partial charge in [-0.25, -0.2) is 4.79 Å². The number of oxazole rings is 1. The number of amides is 1. The number of benzene rings is 2. The van der Waals surface area contributed by atoms with Crippen LogP contribution in [0.15, 0.2) is 63.8 Å². The van der Waals surface area contributed by atoms with Gasteiger partial charge >= 0.3 is 5.76 Å². The predicted molar refractivity (Wildman–Crippen MR) is 110 cm³/mol. The van der Waals surface area contributed by atoms with Crippen molar-refractivity contribution in [1.82, 2.24) is 14.8 Å². The first-order valence-corrected chi connectivity index (χ1v) is 9.87. The highest BCUT2D eigenvalue weighted by Crippen LogP contribution is 2.17. The summed E-state index contributed by atoms with van der Waals surface area (Å²) in [6.07, 6.45) is -0.0820. The molecule has 1 aromatic heterocycles. The molecule has 1 amide bonds. The van der Waals surface area contributed by atoms with Crippen LogP contribution in [0, 0.1) is 0 Å². The van der Waals surface area contributed by atoms with Gasteiger partial charge in [-0.1, -0.05) is 42.5 Å². The van der Waals surface area contributed by atoms with E-state index in [4.69, 9.17) is 9.15 Å². The molecule has 7 nitrogen and oxygen atoms in total. The van der Waals surface area contributed by atoms with Crippen LogP contribution in [0.3, 0.4) is 0 Å². The maximum atomic E-state index is 12.7. The Bertz CT molecular complexity index is 1030. The summed E-state index contributed by atoms with van der Waals surface area (Å²) >= 11 is 0. The summed E-state index contributed by atoms with van der Waals surface area (Å²) in [4.78, 5) is 27.2. The molecule has 7 heteroatoms. The fourth-order valence-electron chi connectivity index (χ4n) is 3.72. The maximum Gasteiger partial charge on any atom is 0.420 e. The van der Waals surface area contributed by atoms with E-state index in [1.54, 1.807) is 25.1 Å². The van der Waals surface area contributed by atoms with Crippen LogP contribution >= 0.6 is 0 Å². The monoisotopic (exact) mass is 395 g/mol. The Morgan fingerprint density at radius 2 is 1.93 bits per heavy atom. The molecule has 1 aliphatic rings. The van der Waals surface area contributed by atoms with Gasteiger partial charge < -0.3 is 14.5 Å². The zero-order valence-corrected chi connectivity index (χ0v) is 16.4. The largest absolute Gasteiger partial charge is 0.420 e. The summed E-state index contributed by atoms with van der Waals surface area (Å²) < 4.78 is 12.4. The molecule has 4 rings (SSSR count). The number of aromatic nitrogens is 1. The van der Waals surface area contributed by atoms with E-state index in [0.29, 0.717) is 24.3 Å². The molecule has 2 unspecified atom stereocenters. The Morgan fingerprint density at radius 1 is 1.17 bits per heavy atom. The molecular formula is C22H25N3O4. The van der Waals surface area contributed by atoms with Crippen molar-refractivity contribution in [3.8, 4) is 0 Å². The molecule has 0 spiro atoms. The van der Waals surface area contributed by atoms with E-state index in [1.807, 2.05) is 24.3 Å². The van der Waals surface area contributed by atoms with Crippen molar-refractivity contribution >= 4 is 17.0 Å². The molecule has 2 atom stereocenters. The number of para-hydroxylation sites is 2. The van der Waals surface area contributed by atoms with Gasteiger partial charge in [0.2, 0.25) is 5.91 Å². The van der Waals surface area contributed by atoms with Crippen molar-refractivity contribution in [2.24, 2.45) is 0 Å². The fourth-order valence-corrected chi connectivity index (χ4v) is 3.72. The molecule has 0 radical (unpaired) electrons. The Hall–Kier alpha value is -2.90. The number of carbonyl (C=O) groups excluding carboxylic acids is 1. The standard InChI is InChI=1S/C22H25N3O4/c1-16(25-19-9-5-6-10-20(19)29-22(25)27)21(26)23-13-18-15-24(11-12-28-18)14-17-7-3-2-4-8-17/h2-10,16,18H,11-15H2,1H3,(H,23,26). The predicted octanol–water partition coefficient (Wildman–Crippen LogP) is 2.17. The van der Waals surface area contributed by atoms with Crippen molar-refractivity contribution < 1.29 is 13.9 Å². The van der Waals surface area contributed by atoms with Gasteiger partial charge in [0.15, 0.2) is 5.58 Å². The van der Waals surface area contributed by atoms with Crippen LogP contribution in [0.5, 0.6) is 0 Å². The molecule has 152 valence electrons. The number of carbonyl (C=O) groups is 1. The number of rotatable bonds is 6. The molecule has 0 bridgehead atoms. The second kappa shape index (κ2) is 8.63. The zero-order chi connectivity index (χ0) is 20.2. The van der Waals surface area contributed by atoms with Gasteiger partial charge in [-0.05, 0) is 24.6 Å². The number of morpholine rings is 1. The number of fused-ring (bicyclic) bond motifs is 1. The van der Waals surface area contributed by atoms with E-state index < -0.39 is 11.8 Å². The number of hydrogen-bond acceptors (Lipinski definition) is 5. The van der Waals surface area contributed by atoms with Gasteiger partial charge in [-0.3, -0.25) is 14.3 Å². The molecule has 1 saturated heterocycles. The Morgan fingerprint density at radius 3 is 2.76 bits per heavy atom. The number of nitrogens with zero attached hydrogens (tertiary/aromatic N) is 2. The van der Waals surface area contributed by atoms with Crippen LogP contribution in [0.4, 0.5) is 0 Å². The van der Waals surface area contributed by atoms with Crippen LogP contribution < -0.4 is 11.1 Å². The first-order chi connectivity index (χ1) is 14.1. The molecule has 0 aliphatic carbocycles. The smallest absolute Gasteiger partial charge is 0.408 e. The highest BCUT2D eigenvalue weighted by atomic mass is 16.5. The van der Waals surface area contributed by atoms with E-state index in [1.165, 1.54) is 10.1 Å². The molecule has 0 saturated carbocycles. The van der Waals surface area contributed by atoms with Gasteiger partial charge in [-0.2, -0.15) is 0 Å². The van der Waals surface area contributed by atoms with Crippen molar-refractivity contribution in [3.05, 3.63) is 70.7 Å². The minimum Gasteiger partial charge on any atom is -0.408 e. The van der Waals surface area contributed by atoms with Crippen LogP contribution in [-0.2, 0) is 16.1 Å². The van der Waals surface area contributed by atoms with Crippen molar-refractivity contribution in [1.29, 1.82) is 0 Å². The van der Waals surface area contributed by atoms with Crippen LogP contribution in [-0.4, -0.2) is 47.7 Å². The third-order valence-corrected chi connectivity index (χ3v) is 5.26.